The Morgan fingerprint density at radius 3 is 2.44 bits per heavy atom. The minimum atomic E-state index is -0.374. The molecular formula is C21H21Cl3N2O. The van der Waals surface area contributed by atoms with Crippen LogP contribution in [0.3, 0.4) is 0 Å². The molecule has 0 saturated heterocycles. The van der Waals surface area contributed by atoms with Gasteiger partial charge in [0.05, 0.1) is 18.5 Å². The lowest BCUT2D eigenvalue weighted by Crippen LogP contribution is -2.33. The van der Waals surface area contributed by atoms with Crippen molar-refractivity contribution in [1.82, 2.24) is 9.55 Å². The Morgan fingerprint density at radius 1 is 1.04 bits per heavy atom. The van der Waals surface area contributed by atoms with Crippen LogP contribution in [-0.4, -0.2) is 15.2 Å². The molecule has 0 aliphatic rings. The zero-order valence-electron chi connectivity index (χ0n) is 15.0. The SMILES string of the molecule is CC(CCn1ccnc1)(Cc1ccc(Cl)cc1)OCc1ccc(Cl)cc1Cl. The van der Waals surface area contributed by atoms with Crippen molar-refractivity contribution in [2.45, 2.75) is 38.5 Å². The molecule has 0 spiro atoms. The molecule has 6 heteroatoms. The molecule has 0 N–H and O–H groups in total. The third kappa shape index (κ3) is 5.98. The number of halogens is 3. The fourth-order valence-electron chi connectivity index (χ4n) is 2.92. The maximum Gasteiger partial charge on any atom is 0.0945 e. The summed E-state index contributed by atoms with van der Waals surface area (Å²) in [5.74, 6) is 0. The summed E-state index contributed by atoms with van der Waals surface area (Å²) in [5, 5.41) is 1.96. The normalized spacial score (nSPS) is 13.5. The van der Waals surface area contributed by atoms with Gasteiger partial charge in [-0.1, -0.05) is 53.0 Å². The minimum Gasteiger partial charge on any atom is -0.370 e. The Labute approximate surface area is 174 Å². The van der Waals surface area contributed by atoms with Gasteiger partial charge >= 0.3 is 0 Å². The highest BCUT2D eigenvalue weighted by molar-refractivity contribution is 6.35. The number of nitrogens with zero attached hydrogens (tertiary/aromatic N) is 2. The molecule has 1 heterocycles. The molecular weight excluding hydrogens is 403 g/mol. The van der Waals surface area contributed by atoms with Crippen molar-refractivity contribution in [3.05, 3.63) is 87.4 Å². The van der Waals surface area contributed by atoms with Crippen LogP contribution in [0.25, 0.3) is 0 Å². The quantitative estimate of drug-likeness (QED) is 0.416. The number of rotatable bonds is 8. The summed E-state index contributed by atoms with van der Waals surface area (Å²) in [7, 11) is 0. The summed E-state index contributed by atoms with van der Waals surface area (Å²) < 4.78 is 8.43. The predicted molar refractivity (Wildman–Crippen MR) is 112 cm³/mol. The average Bonchev–Trinajstić information content (AvgIpc) is 3.15. The van der Waals surface area contributed by atoms with Gasteiger partial charge in [0, 0.05) is 40.4 Å². The molecule has 0 bridgehead atoms. The van der Waals surface area contributed by atoms with Crippen LogP contribution in [0.15, 0.2) is 61.2 Å². The molecule has 0 saturated carbocycles. The molecule has 3 aromatic rings. The van der Waals surface area contributed by atoms with E-state index in [1.165, 1.54) is 5.56 Å². The number of hydrogen-bond donors (Lipinski definition) is 0. The average molecular weight is 424 g/mol. The summed E-state index contributed by atoms with van der Waals surface area (Å²) in [6, 6.07) is 13.4. The van der Waals surface area contributed by atoms with Gasteiger partial charge in [0.15, 0.2) is 0 Å². The van der Waals surface area contributed by atoms with E-state index in [-0.39, 0.29) is 5.60 Å². The van der Waals surface area contributed by atoms with Gasteiger partial charge < -0.3 is 9.30 Å². The first-order valence-corrected chi connectivity index (χ1v) is 9.85. The molecule has 0 radical (unpaired) electrons. The van der Waals surface area contributed by atoms with Crippen molar-refractivity contribution < 1.29 is 4.74 Å². The van der Waals surface area contributed by atoms with Crippen LogP contribution in [0, 0.1) is 0 Å². The molecule has 0 fully saturated rings. The Kier molecular flexibility index (Phi) is 6.83. The Hall–Kier alpha value is -1.52. The monoisotopic (exact) mass is 422 g/mol. The molecule has 0 aliphatic carbocycles. The number of aryl methyl sites for hydroxylation is 1. The largest absolute Gasteiger partial charge is 0.370 e. The number of ether oxygens (including phenoxy) is 1. The van der Waals surface area contributed by atoms with Crippen LogP contribution in [0.2, 0.25) is 15.1 Å². The molecule has 1 unspecified atom stereocenters. The number of hydrogen-bond acceptors (Lipinski definition) is 2. The van der Waals surface area contributed by atoms with Crippen LogP contribution in [0.4, 0.5) is 0 Å². The van der Waals surface area contributed by atoms with Gasteiger partial charge in [-0.05, 0) is 48.7 Å². The van der Waals surface area contributed by atoms with Crippen LogP contribution in [0.1, 0.15) is 24.5 Å². The highest BCUT2D eigenvalue weighted by Crippen LogP contribution is 2.28. The van der Waals surface area contributed by atoms with E-state index in [1.54, 1.807) is 12.3 Å². The summed E-state index contributed by atoms with van der Waals surface area (Å²) in [6.45, 7) is 3.37. The maximum absolute atomic E-state index is 6.37. The van der Waals surface area contributed by atoms with Gasteiger partial charge in [-0.15, -0.1) is 0 Å². The second-order valence-electron chi connectivity index (χ2n) is 6.83. The van der Waals surface area contributed by atoms with Crippen molar-refractivity contribution in [2.24, 2.45) is 0 Å². The van der Waals surface area contributed by atoms with Crippen molar-refractivity contribution in [3.8, 4) is 0 Å². The van der Waals surface area contributed by atoms with Crippen LogP contribution in [0.5, 0.6) is 0 Å². The van der Waals surface area contributed by atoms with Crippen molar-refractivity contribution in [3.63, 3.8) is 0 Å². The van der Waals surface area contributed by atoms with Gasteiger partial charge in [-0.2, -0.15) is 0 Å². The van der Waals surface area contributed by atoms with Crippen molar-refractivity contribution >= 4 is 34.8 Å². The van der Waals surface area contributed by atoms with Crippen LogP contribution in [-0.2, 0) is 24.3 Å². The first-order valence-electron chi connectivity index (χ1n) is 8.72. The zero-order chi connectivity index (χ0) is 19.3. The fraction of sp³-hybridized carbons (Fsp3) is 0.286. The van der Waals surface area contributed by atoms with Gasteiger partial charge in [-0.3, -0.25) is 0 Å². The number of imidazole rings is 1. The second-order valence-corrected chi connectivity index (χ2v) is 8.11. The Morgan fingerprint density at radius 2 is 1.78 bits per heavy atom. The van der Waals surface area contributed by atoms with Crippen molar-refractivity contribution in [1.29, 1.82) is 0 Å². The molecule has 1 aromatic heterocycles. The van der Waals surface area contributed by atoms with E-state index >= 15 is 0 Å². The first-order chi connectivity index (χ1) is 12.9. The topological polar surface area (TPSA) is 27.1 Å². The lowest BCUT2D eigenvalue weighted by molar-refractivity contribution is -0.0511. The molecule has 3 nitrogen and oxygen atoms in total. The van der Waals surface area contributed by atoms with E-state index in [2.05, 4.69) is 16.5 Å². The van der Waals surface area contributed by atoms with E-state index in [9.17, 15) is 0 Å². The van der Waals surface area contributed by atoms with E-state index in [4.69, 9.17) is 39.5 Å². The second kappa shape index (κ2) is 9.11. The number of aromatic nitrogens is 2. The Balaban J connectivity index is 1.73. The van der Waals surface area contributed by atoms with Gasteiger partial charge in [-0.25, -0.2) is 4.98 Å². The lowest BCUT2D eigenvalue weighted by atomic mass is 9.92. The molecule has 3 rings (SSSR count). The predicted octanol–water partition coefficient (Wildman–Crippen LogP) is 6.45. The zero-order valence-corrected chi connectivity index (χ0v) is 17.3. The molecule has 2 aromatic carbocycles. The van der Waals surface area contributed by atoms with Gasteiger partial charge in [0.25, 0.3) is 0 Å². The fourth-order valence-corrected chi connectivity index (χ4v) is 3.51. The van der Waals surface area contributed by atoms with E-state index in [0.717, 1.165) is 30.0 Å². The highest BCUT2D eigenvalue weighted by Gasteiger charge is 2.26. The van der Waals surface area contributed by atoms with Crippen molar-refractivity contribution in [2.75, 3.05) is 0 Å². The molecule has 142 valence electrons. The summed E-state index contributed by atoms with van der Waals surface area (Å²) in [4.78, 5) is 4.11. The maximum atomic E-state index is 6.37. The molecule has 0 aliphatic heterocycles. The lowest BCUT2D eigenvalue weighted by Gasteiger charge is -2.31. The summed E-state index contributed by atoms with van der Waals surface area (Å²) in [5.41, 5.74) is 1.72. The van der Waals surface area contributed by atoms with E-state index in [1.807, 2.05) is 48.9 Å². The molecule has 27 heavy (non-hydrogen) atoms. The smallest absolute Gasteiger partial charge is 0.0945 e. The van der Waals surface area contributed by atoms with Crippen LogP contribution < -0.4 is 0 Å². The summed E-state index contributed by atoms with van der Waals surface area (Å²) >= 11 is 18.3. The minimum absolute atomic E-state index is 0.374. The first kappa shape index (κ1) is 20.2. The third-order valence-corrected chi connectivity index (χ3v) is 5.38. The molecule has 1 atom stereocenters. The van der Waals surface area contributed by atoms with Crippen LogP contribution >= 0.6 is 34.8 Å². The van der Waals surface area contributed by atoms with E-state index in [0.29, 0.717) is 16.7 Å². The Bertz CT molecular complexity index is 866. The summed E-state index contributed by atoms with van der Waals surface area (Å²) in [6.07, 6.45) is 7.16. The standard InChI is InChI=1S/C21H21Cl3N2O/c1-21(8-10-26-11-9-25-15-26,13-16-2-5-18(22)6-3-16)27-14-17-4-7-19(23)12-20(17)24/h2-7,9,11-12,15H,8,10,13-14H2,1H3. The van der Waals surface area contributed by atoms with Gasteiger partial charge in [0.1, 0.15) is 0 Å². The third-order valence-electron chi connectivity index (χ3n) is 4.54. The number of benzene rings is 2. The van der Waals surface area contributed by atoms with E-state index < -0.39 is 0 Å². The van der Waals surface area contributed by atoms with Gasteiger partial charge in [0.2, 0.25) is 0 Å². The highest BCUT2D eigenvalue weighted by atomic mass is 35.5. The molecule has 0 amide bonds.